The van der Waals surface area contributed by atoms with Crippen LogP contribution in [0.5, 0.6) is 11.5 Å². The van der Waals surface area contributed by atoms with E-state index in [-0.39, 0.29) is 25.0 Å². The summed E-state index contributed by atoms with van der Waals surface area (Å²) in [5, 5.41) is 10.9. The number of aromatic nitrogens is 2. The summed E-state index contributed by atoms with van der Waals surface area (Å²) in [6.07, 6.45) is 0.181. The van der Waals surface area contributed by atoms with E-state index in [0.29, 0.717) is 29.0 Å². The van der Waals surface area contributed by atoms with Gasteiger partial charge in [0.2, 0.25) is 24.5 Å². The zero-order valence-electron chi connectivity index (χ0n) is 14.1. The van der Waals surface area contributed by atoms with E-state index in [9.17, 15) is 4.79 Å². The number of hydrogen-bond donors (Lipinski definition) is 1. The van der Waals surface area contributed by atoms with Gasteiger partial charge < -0.3 is 19.2 Å². The molecule has 1 N–H and O–H groups in total. The third kappa shape index (κ3) is 3.37. The van der Waals surface area contributed by atoms with Gasteiger partial charge >= 0.3 is 0 Å². The lowest BCUT2D eigenvalue weighted by Crippen LogP contribution is -2.16. The molecular weight excluding hydrogens is 334 g/mol. The van der Waals surface area contributed by atoms with Crippen molar-refractivity contribution in [1.82, 2.24) is 10.2 Å². The van der Waals surface area contributed by atoms with Crippen LogP contribution >= 0.6 is 0 Å². The Morgan fingerprint density at radius 3 is 2.69 bits per heavy atom. The summed E-state index contributed by atoms with van der Waals surface area (Å²) >= 11 is 0. The summed E-state index contributed by atoms with van der Waals surface area (Å²) in [6.45, 7) is 1.92. The van der Waals surface area contributed by atoms with Gasteiger partial charge in [0.25, 0.3) is 0 Å². The number of hydrogen-bond acceptors (Lipinski definition) is 6. The van der Waals surface area contributed by atoms with Crippen molar-refractivity contribution >= 4 is 11.6 Å². The Hall–Kier alpha value is -3.35. The Morgan fingerprint density at radius 2 is 1.92 bits per heavy atom. The minimum absolute atomic E-state index is 0.159. The number of carbonyl (C=O) groups excluding carboxylic acids is 1. The van der Waals surface area contributed by atoms with E-state index in [2.05, 4.69) is 15.5 Å². The fourth-order valence-corrected chi connectivity index (χ4v) is 2.86. The molecule has 0 saturated heterocycles. The molecule has 0 bridgehead atoms. The number of amides is 1. The van der Waals surface area contributed by atoms with E-state index in [0.717, 1.165) is 5.56 Å². The van der Waals surface area contributed by atoms with Crippen LogP contribution < -0.4 is 14.8 Å². The molecule has 0 spiro atoms. The van der Waals surface area contributed by atoms with Crippen molar-refractivity contribution in [2.45, 2.75) is 19.3 Å². The second-order valence-corrected chi connectivity index (χ2v) is 5.94. The lowest BCUT2D eigenvalue weighted by Gasteiger charge is -2.14. The van der Waals surface area contributed by atoms with Crippen LogP contribution in [0, 0.1) is 6.92 Å². The molecule has 0 radical (unpaired) electrons. The molecule has 3 aromatic rings. The summed E-state index contributed by atoms with van der Waals surface area (Å²) in [6, 6.07) is 14.9. The largest absolute Gasteiger partial charge is 0.454 e. The van der Waals surface area contributed by atoms with Gasteiger partial charge in [0.15, 0.2) is 11.5 Å². The normalized spacial score (nSPS) is 13.4. The molecule has 1 unspecified atom stereocenters. The van der Waals surface area contributed by atoms with Crippen molar-refractivity contribution in [1.29, 1.82) is 0 Å². The average Bonchev–Trinajstić information content (AvgIpc) is 3.29. The molecule has 132 valence electrons. The van der Waals surface area contributed by atoms with Gasteiger partial charge in [0.1, 0.15) is 0 Å². The van der Waals surface area contributed by atoms with Crippen molar-refractivity contribution in [3.05, 3.63) is 65.9 Å². The first kappa shape index (κ1) is 16.1. The van der Waals surface area contributed by atoms with Gasteiger partial charge in [-0.25, -0.2) is 0 Å². The molecule has 26 heavy (non-hydrogen) atoms. The fraction of sp³-hybridized carbons (Fsp3) is 0.211. The number of fused-ring (bicyclic) bond motifs is 1. The van der Waals surface area contributed by atoms with Crippen LogP contribution in [0.25, 0.3) is 0 Å². The molecule has 0 aliphatic carbocycles. The lowest BCUT2D eigenvalue weighted by atomic mass is 9.95. The molecule has 7 nitrogen and oxygen atoms in total. The van der Waals surface area contributed by atoms with Crippen molar-refractivity contribution in [3.63, 3.8) is 0 Å². The highest BCUT2D eigenvalue weighted by Crippen LogP contribution is 2.34. The van der Waals surface area contributed by atoms with Crippen LogP contribution in [0.1, 0.15) is 29.7 Å². The van der Waals surface area contributed by atoms with Crippen molar-refractivity contribution in [2.75, 3.05) is 12.1 Å². The van der Waals surface area contributed by atoms with E-state index in [4.69, 9.17) is 13.9 Å². The fourth-order valence-electron chi connectivity index (χ4n) is 2.86. The average molecular weight is 351 g/mol. The summed E-state index contributed by atoms with van der Waals surface area (Å²) in [5.41, 5.74) is 1.59. The van der Waals surface area contributed by atoms with Gasteiger partial charge in [-0.15, -0.1) is 10.2 Å². The van der Waals surface area contributed by atoms with Crippen LogP contribution in [0.2, 0.25) is 0 Å². The molecule has 1 aliphatic heterocycles. The Balaban J connectivity index is 1.53. The van der Waals surface area contributed by atoms with Crippen molar-refractivity contribution < 1.29 is 18.7 Å². The van der Waals surface area contributed by atoms with E-state index in [1.165, 1.54) is 0 Å². The number of benzene rings is 2. The van der Waals surface area contributed by atoms with Gasteiger partial charge in [-0.1, -0.05) is 30.3 Å². The third-order valence-electron chi connectivity index (χ3n) is 4.09. The van der Waals surface area contributed by atoms with Gasteiger partial charge in [-0.3, -0.25) is 4.79 Å². The molecule has 2 heterocycles. The topological polar surface area (TPSA) is 86.5 Å². The second-order valence-electron chi connectivity index (χ2n) is 5.94. The van der Waals surface area contributed by atoms with E-state index in [1.54, 1.807) is 25.1 Å². The highest BCUT2D eigenvalue weighted by molar-refractivity contribution is 5.91. The molecule has 2 aromatic carbocycles. The molecule has 1 atom stereocenters. The Morgan fingerprint density at radius 1 is 1.12 bits per heavy atom. The number of anilines is 1. The summed E-state index contributed by atoms with van der Waals surface area (Å²) < 4.78 is 16.2. The molecular formula is C19H17N3O4. The van der Waals surface area contributed by atoms with Gasteiger partial charge in [0, 0.05) is 25.1 Å². The first-order valence-corrected chi connectivity index (χ1v) is 8.23. The summed E-state index contributed by atoms with van der Waals surface area (Å²) in [7, 11) is 0. The number of aryl methyl sites for hydroxylation is 1. The SMILES string of the molecule is Cc1nnc(C(CC(=O)Nc2ccc3c(c2)OCO3)c2ccccc2)o1. The Kier molecular flexibility index (Phi) is 4.27. The number of ether oxygens (including phenoxy) is 2. The maximum absolute atomic E-state index is 12.6. The summed E-state index contributed by atoms with van der Waals surface area (Å²) in [5.74, 6) is 1.72. The standard InChI is InChI=1S/C19H17N3O4/c1-12-21-22-19(26-12)15(13-5-3-2-4-6-13)10-18(23)20-14-7-8-16-17(9-14)25-11-24-16/h2-9,15H,10-11H2,1H3,(H,20,23). The quantitative estimate of drug-likeness (QED) is 0.759. The number of carbonyl (C=O) groups is 1. The number of nitrogens with zero attached hydrogens (tertiary/aromatic N) is 2. The van der Waals surface area contributed by atoms with Gasteiger partial charge in [0.05, 0.1) is 5.92 Å². The minimum Gasteiger partial charge on any atom is -0.454 e. The highest BCUT2D eigenvalue weighted by atomic mass is 16.7. The van der Waals surface area contributed by atoms with Crippen LogP contribution in [-0.2, 0) is 4.79 Å². The Bertz CT molecular complexity index is 924. The molecule has 0 fully saturated rings. The molecule has 1 aliphatic rings. The molecule has 0 saturated carbocycles. The third-order valence-corrected chi connectivity index (χ3v) is 4.09. The molecule has 4 rings (SSSR count). The first-order valence-electron chi connectivity index (χ1n) is 8.23. The first-order chi connectivity index (χ1) is 12.7. The predicted molar refractivity (Wildman–Crippen MR) is 93.1 cm³/mol. The van der Waals surface area contributed by atoms with Crippen molar-refractivity contribution in [2.24, 2.45) is 0 Å². The molecule has 1 aromatic heterocycles. The highest BCUT2D eigenvalue weighted by Gasteiger charge is 2.24. The molecule has 7 heteroatoms. The maximum Gasteiger partial charge on any atom is 0.231 e. The van der Waals surface area contributed by atoms with Crippen LogP contribution in [0.4, 0.5) is 5.69 Å². The van der Waals surface area contributed by atoms with Crippen LogP contribution in [0.15, 0.2) is 52.9 Å². The van der Waals surface area contributed by atoms with Crippen molar-refractivity contribution in [3.8, 4) is 11.5 Å². The maximum atomic E-state index is 12.6. The molecule has 1 amide bonds. The lowest BCUT2D eigenvalue weighted by molar-refractivity contribution is -0.116. The van der Waals surface area contributed by atoms with E-state index in [1.807, 2.05) is 30.3 Å². The zero-order chi connectivity index (χ0) is 17.9. The van der Waals surface area contributed by atoms with Gasteiger partial charge in [-0.2, -0.15) is 0 Å². The number of nitrogens with one attached hydrogen (secondary N) is 1. The zero-order valence-corrected chi connectivity index (χ0v) is 14.1. The van der Waals surface area contributed by atoms with Gasteiger partial charge in [-0.05, 0) is 17.7 Å². The summed E-state index contributed by atoms with van der Waals surface area (Å²) in [4.78, 5) is 12.6. The van der Waals surface area contributed by atoms with E-state index < -0.39 is 0 Å². The second kappa shape index (κ2) is 6.87. The van der Waals surface area contributed by atoms with E-state index >= 15 is 0 Å². The monoisotopic (exact) mass is 351 g/mol. The number of rotatable bonds is 5. The van der Waals surface area contributed by atoms with Crippen LogP contribution in [0.3, 0.4) is 0 Å². The minimum atomic E-state index is -0.314. The predicted octanol–water partition coefficient (Wildman–Crippen LogP) is 3.27. The van der Waals surface area contributed by atoms with Crippen LogP contribution in [-0.4, -0.2) is 22.9 Å². The smallest absolute Gasteiger partial charge is 0.231 e. The Labute approximate surface area is 150 Å².